The number of ether oxygens (including phenoxy) is 1. The van der Waals surface area contributed by atoms with Crippen LogP contribution in [0.2, 0.25) is 0 Å². The Hall–Kier alpha value is -0.590. The quantitative estimate of drug-likeness (QED) is 0.707. The summed E-state index contributed by atoms with van der Waals surface area (Å²) in [5, 5.41) is 12.3. The smallest absolute Gasteiger partial charge is 0.130 e. The van der Waals surface area contributed by atoms with Crippen molar-refractivity contribution in [3.05, 3.63) is 0 Å². The Kier molecular flexibility index (Phi) is 4.97. The highest BCUT2D eigenvalue weighted by Crippen LogP contribution is 2.13. The molecule has 0 amide bonds. The van der Waals surface area contributed by atoms with Gasteiger partial charge in [0.15, 0.2) is 0 Å². The summed E-state index contributed by atoms with van der Waals surface area (Å²) < 4.78 is 5.17. The second-order valence-electron chi connectivity index (χ2n) is 3.65. The minimum absolute atomic E-state index is 0.105. The number of nitrogens with zero attached hydrogens (tertiary/aromatic N) is 1. The highest BCUT2D eigenvalue weighted by molar-refractivity contribution is 5.08. The van der Waals surface area contributed by atoms with Crippen LogP contribution in [0.5, 0.6) is 0 Å². The molecule has 13 heavy (non-hydrogen) atoms. The van der Waals surface area contributed by atoms with Gasteiger partial charge in [0, 0.05) is 13.2 Å². The summed E-state index contributed by atoms with van der Waals surface area (Å²) in [7, 11) is 1.62. The lowest BCUT2D eigenvalue weighted by Gasteiger charge is -2.31. The second kappa shape index (κ2) is 5.21. The average Bonchev–Trinajstić information content (AvgIpc) is 2.15. The van der Waals surface area contributed by atoms with Crippen molar-refractivity contribution in [3.8, 4) is 6.07 Å². The number of rotatable bonds is 5. The summed E-state index contributed by atoms with van der Waals surface area (Å²) in [5.74, 6) is 0. The predicted molar refractivity (Wildman–Crippen MR) is 53.4 cm³/mol. The summed E-state index contributed by atoms with van der Waals surface area (Å²) in [6.07, 6.45) is 0.903. The topological polar surface area (TPSA) is 45.0 Å². The average molecular weight is 184 g/mol. The van der Waals surface area contributed by atoms with Crippen molar-refractivity contribution < 1.29 is 4.74 Å². The van der Waals surface area contributed by atoms with Gasteiger partial charge >= 0.3 is 0 Å². The fourth-order valence-corrected chi connectivity index (χ4v) is 1.09. The van der Waals surface area contributed by atoms with Gasteiger partial charge in [-0.3, -0.25) is 5.32 Å². The maximum Gasteiger partial charge on any atom is 0.130 e. The standard InChI is InChI=1S/C10H20N2O/c1-6-8(2)12-10(4,7-11)9(3)13-5/h8-9,12H,6H2,1-5H3. The molecule has 3 unspecified atom stereocenters. The van der Waals surface area contributed by atoms with Crippen molar-refractivity contribution in [1.82, 2.24) is 5.32 Å². The molecular weight excluding hydrogens is 164 g/mol. The summed E-state index contributed by atoms with van der Waals surface area (Å²) >= 11 is 0. The molecule has 0 heterocycles. The zero-order valence-electron chi connectivity index (χ0n) is 9.22. The first-order valence-electron chi connectivity index (χ1n) is 4.71. The van der Waals surface area contributed by atoms with Crippen molar-refractivity contribution in [2.75, 3.05) is 7.11 Å². The van der Waals surface area contributed by atoms with Gasteiger partial charge < -0.3 is 4.74 Å². The maximum atomic E-state index is 9.04. The fraction of sp³-hybridized carbons (Fsp3) is 0.900. The molecule has 0 saturated heterocycles. The molecule has 3 atom stereocenters. The lowest BCUT2D eigenvalue weighted by molar-refractivity contribution is 0.0579. The van der Waals surface area contributed by atoms with Gasteiger partial charge in [-0.25, -0.2) is 0 Å². The molecule has 0 aliphatic rings. The maximum absolute atomic E-state index is 9.04. The van der Waals surface area contributed by atoms with Gasteiger partial charge in [-0.05, 0) is 27.2 Å². The molecule has 1 N–H and O–H groups in total. The number of nitriles is 1. The molecule has 0 saturated carbocycles. The predicted octanol–water partition coefficient (Wildman–Crippen LogP) is 1.69. The van der Waals surface area contributed by atoms with E-state index in [-0.39, 0.29) is 6.10 Å². The molecule has 0 aromatic rings. The number of nitrogens with one attached hydrogen (secondary N) is 1. The Morgan fingerprint density at radius 2 is 2.08 bits per heavy atom. The van der Waals surface area contributed by atoms with Crippen LogP contribution in [0.3, 0.4) is 0 Å². The van der Waals surface area contributed by atoms with Gasteiger partial charge in [-0.1, -0.05) is 6.92 Å². The van der Waals surface area contributed by atoms with E-state index in [1.165, 1.54) is 0 Å². The summed E-state index contributed by atoms with van der Waals surface area (Å²) in [6, 6.07) is 2.59. The van der Waals surface area contributed by atoms with E-state index in [1.807, 2.05) is 13.8 Å². The minimum atomic E-state index is -0.593. The second-order valence-corrected chi connectivity index (χ2v) is 3.65. The van der Waals surface area contributed by atoms with Gasteiger partial charge in [0.1, 0.15) is 5.54 Å². The first-order valence-corrected chi connectivity index (χ1v) is 4.71. The normalized spacial score (nSPS) is 20.0. The third-order valence-electron chi connectivity index (χ3n) is 2.56. The molecule has 0 aliphatic heterocycles. The Balaban J connectivity index is 4.38. The van der Waals surface area contributed by atoms with Crippen LogP contribution < -0.4 is 5.32 Å². The minimum Gasteiger partial charge on any atom is -0.379 e. The molecule has 3 nitrogen and oxygen atoms in total. The fourth-order valence-electron chi connectivity index (χ4n) is 1.09. The summed E-state index contributed by atoms with van der Waals surface area (Å²) in [4.78, 5) is 0. The first kappa shape index (κ1) is 12.4. The van der Waals surface area contributed by atoms with Crippen molar-refractivity contribution in [2.24, 2.45) is 0 Å². The van der Waals surface area contributed by atoms with Crippen LogP contribution in [-0.4, -0.2) is 24.8 Å². The van der Waals surface area contributed by atoms with E-state index in [1.54, 1.807) is 7.11 Å². The van der Waals surface area contributed by atoms with Gasteiger partial charge in [-0.2, -0.15) is 5.26 Å². The van der Waals surface area contributed by atoms with Crippen LogP contribution >= 0.6 is 0 Å². The van der Waals surface area contributed by atoms with Crippen LogP contribution in [0.1, 0.15) is 34.1 Å². The van der Waals surface area contributed by atoms with Crippen LogP contribution in [-0.2, 0) is 4.74 Å². The highest BCUT2D eigenvalue weighted by atomic mass is 16.5. The number of methoxy groups -OCH3 is 1. The highest BCUT2D eigenvalue weighted by Gasteiger charge is 2.32. The van der Waals surface area contributed by atoms with Gasteiger partial charge in [0.05, 0.1) is 12.2 Å². The molecule has 0 rings (SSSR count). The van der Waals surface area contributed by atoms with E-state index < -0.39 is 5.54 Å². The molecule has 3 heteroatoms. The Bertz CT molecular complexity index is 188. The third kappa shape index (κ3) is 3.33. The molecule has 0 aromatic carbocycles. The molecule has 0 bridgehead atoms. The van der Waals surface area contributed by atoms with Gasteiger partial charge in [0.2, 0.25) is 0 Å². The van der Waals surface area contributed by atoms with Crippen molar-refractivity contribution in [1.29, 1.82) is 5.26 Å². The van der Waals surface area contributed by atoms with Crippen LogP contribution in [0.15, 0.2) is 0 Å². The first-order chi connectivity index (χ1) is 6.00. The van der Waals surface area contributed by atoms with Crippen molar-refractivity contribution in [3.63, 3.8) is 0 Å². The number of hydrogen-bond donors (Lipinski definition) is 1. The van der Waals surface area contributed by atoms with E-state index in [2.05, 4.69) is 25.2 Å². The monoisotopic (exact) mass is 184 g/mol. The summed E-state index contributed by atoms with van der Waals surface area (Å²) in [5.41, 5.74) is -0.593. The van der Waals surface area contributed by atoms with E-state index in [9.17, 15) is 0 Å². The zero-order valence-corrected chi connectivity index (χ0v) is 9.22. The van der Waals surface area contributed by atoms with Crippen molar-refractivity contribution >= 4 is 0 Å². The molecular formula is C10H20N2O. The van der Waals surface area contributed by atoms with Crippen LogP contribution in [0, 0.1) is 11.3 Å². The van der Waals surface area contributed by atoms with Gasteiger partial charge in [-0.15, -0.1) is 0 Å². The van der Waals surface area contributed by atoms with E-state index in [0.29, 0.717) is 6.04 Å². The largest absolute Gasteiger partial charge is 0.379 e. The van der Waals surface area contributed by atoms with Gasteiger partial charge in [0.25, 0.3) is 0 Å². The zero-order chi connectivity index (χ0) is 10.5. The lowest BCUT2D eigenvalue weighted by Crippen LogP contribution is -2.53. The van der Waals surface area contributed by atoms with E-state index >= 15 is 0 Å². The summed E-state index contributed by atoms with van der Waals surface area (Å²) in [6.45, 7) is 7.93. The van der Waals surface area contributed by atoms with Crippen molar-refractivity contribution in [2.45, 2.75) is 51.8 Å². The SMILES string of the molecule is CCC(C)NC(C)(C#N)C(C)OC. The van der Waals surface area contributed by atoms with Crippen LogP contribution in [0.25, 0.3) is 0 Å². The lowest BCUT2D eigenvalue weighted by atomic mass is 9.96. The van der Waals surface area contributed by atoms with E-state index in [4.69, 9.17) is 10.00 Å². The molecule has 0 aliphatic carbocycles. The van der Waals surface area contributed by atoms with E-state index in [0.717, 1.165) is 6.42 Å². The molecule has 0 radical (unpaired) electrons. The third-order valence-corrected chi connectivity index (χ3v) is 2.56. The van der Waals surface area contributed by atoms with Crippen LogP contribution in [0.4, 0.5) is 0 Å². The molecule has 0 spiro atoms. The molecule has 76 valence electrons. The Morgan fingerprint density at radius 3 is 2.38 bits per heavy atom. The molecule has 0 fully saturated rings. The Morgan fingerprint density at radius 1 is 1.54 bits per heavy atom. The Labute approximate surface area is 81.1 Å². The number of hydrogen-bond acceptors (Lipinski definition) is 3. The molecule has 0 aromatic heterocycles.